The number of nitrogens with one attached hydrogen (secondary N) is 3. The van der Waals surface area contributed by atoms with E-state index in [1.54, 1.807) is 0 Å². The summed E-state index contributed by atoms with van der Waals surface area (Å²) in [5.41, 5.74) is 3.21. The van der Waals surface area contributed by atoms with Crippen molar-refractivity contribution in [1.29, 1.82) is 0 Å². The lowest BCUT2D eigenvalue weighted by atomic mass is 9.92. The molecular formula is C29H31N5O8. The summed E-state index contributed by atoms with van der Waals surface area (Å²) in [7, 11) is 4.36. The predicted molar refractivity (Wildman–Crippen MR) is 150 cm³/mol. The third-order valence-corrected chi connectivity index (χ3v) is 7.99. The minimum atomic E-state index is -1.32. The quantitative estimate of drug-likeness (QED) is 0.232. The maximum Gasteiger partial charge on any atom is 0.331 e. The molecule has 42 heavy (non-hydrogen) atoms. The minimum absolute atomic E-state index is 0.219. The Morgan fingerprint density at radius 2 is 1.62 bits per heavy atom. The first-order valence-corrected chi connectivity index (χ1v) is 13.5. The number of hydrogen-bond acceptors (Lipinski definition) is 9. The fraction of sp³-hybridized carbons (Fsp3) is 0.379. The molecule has 2 saturated carbocycles. The Labute approximate surface area is 241 Å². The van der Waals surface area contributed by atoms with E-state index in [0.717, 1.165) is 36.8 Å². The van der Waals surface area contributed by atoms with Gasteiger partial charge in [0.2, 0.25) is 17.6 Å². The monoisotopic (exact) mass is 577 g/mol. The molecule has 13 nitrogen and oxygen atoms in total. The van der Waals surface area contributed by atoms with Crippen LogP contribution in [0.15, 0.2) is 41.5 Å². The molecule has 13 heteroatoms. The smallest absolute Gasteiger partial charge is 0.331 e. The van der Waals surface area contributed by atoms with Crippen LogP contribution in [0.4, 0.5) is 10.5 Å². The number of urea groups is 1. The maximum absolute atomic E-state index is 13.1. The topological polar surface area (TPSA) is 165 Å². The number of methoxy groups -OCH3 is 3. The molecule has 2 aromatic carbocycles. The molecule has 0 radical (unpaired) electrons. The average Bonchev–Trinajstić information content (AvgIpc) is 3.62. The van der Waals surface area contributed by atoms with Crippen LogP contribution >= 0.6 is 0 Å². The van der Waals surface area contributed by atoms with Crippen LogP contribution in [0.2, 0.25) is 0 Å². The normalized spacial score (nSPS) is 23.1. The van der Waals surface area contributed by atoms with Crippen molar-refractivity contribution >= 4 is 41.6 Å². The molecule has 2 bridgehead atoms. The van der Waals surface area contributed by atoms with Crippen LogP contribution in [0.5, 0.6) is 17.2 Å². The number of amides is 6. The summed E-state index contributed by atoms with van der Waals surface area (Å²) in [4.78, 5) is 64.5. The number of barbiturate groups is 1. The van der Waals surface area contributed by atoms with Gasteiger partial charge in [0.15, 0.2) is 17.4 Å². The van der Waals surface area contributed by atoms with Gasteiger partial charge in [-0.3, -0.25) is 29.4 Å². The summed E-state index contributed by atoms with van der Waals surface area (Å²) in [6.07, 6.45) is 4.83. The van der Waals surface area contributed by atoms with Crippen LogP contribution in [0.25, 0.3) is 0 Å². The van der Waals surface area contributed by atoms with Crippen molar-refractivity contribution in [3.63, 3.8) is 0 Å². The molecule has 2 aliphatic carbocycles. The summed E-state index contributed by atoms with van der Waals surface area (Å²) in [5.74, 6) is -2.02. The standard InChI is InChI=1S/C29H31N5O8/c1-40-22-12-18(13-23(41-2)24(22)42-3)25(35)31-19-8-6-16(7-9-19)26(36)33-30-14-20-27(37)32-29(39)34(28(20)38)21-11-15-4-5-17(21)10-15/h6-9,12-15,17,20-21H,4-5,10-11H2,1-3H3,(H,31,35)(H,33,36)(H,32,37,39)/b30-14-/t15-,17-,20+,21+/m0/s1. The molecule has 1 aliphatic heterocycles. The molecule has 1 saturated heterocycles. The number of nitrogens with zero attached hydrogens (tertiary/aromatic N) is 2. The molecular weight excluding hydrogens is 546 g/mol. The van der Waals surface area contributed by atoms with Gasteiger partial charge < -0.3 is 19.5 Å². The number of hydrazone groups is 1. The number of ether oxygens (including phenoxy) is 3. The molecule has 0 aromatic heterocycles. The van der Waals surface area contributed by atoms with Gasteiger partial charge in [-0.2, -0.15) is 5.10 Å². The molecule has 0 unspecified atom stereocenters. The van der Waals surface area contributed by atoms with Gasteiger partial charge in [-0.25, -0.2) is 10.2 Å². The first-order valence-electron chi connectivity index (χ1n) is 13.5. The summed E-state index contributed by atoms with van der Waals surface area (Å²) in [5, 5.41) is 8.79. The number of hydrogen-bond donors (Lipinski definition) is 3. The molecule has 3 fully saturated rings. The van der Waals surface area contributed by atoms with Gasteiger partial charge in [-0.05, 0) is 67.5 Å². The second-order valence-electron chi connectivity index (χ2n) is 10.4. The highest BCUT2D eigenvalue weighted by Crippen LogP contribution is 2.47. The third kappa shape index (κ3) is 5.49. The SMILES string of the molecule is COc1cc(C(=O)Nc2ccc(C(=O)N/N=C\[C@@H]3C(=O)NC(=O)N([C@@H]4C[C@H]5CC[C@H]4C5)C3=O)cc2)cc(OC)c1OC. The lowest BCUT2D eigenvalue weighted by molar-refractivity contribution is -0.141. The maximum atomic E-state index is 13.1. The molecule has 4 atom stereocenters. The Kier molecular flexibility index (Phi) is 8.09. The molecule has 220 valence electrons. The number of carbonyl (C=O) groups excluding carboxylic acids is 5. The summed E-state index contributed by atoms with van der Waals surface area (Å²) in [6, 6.07) is 8.13. The van der Waals surface area contributed by atoms with E-state index in [1.165, 1.54) is 57.7 Å². The highest BCUT2D eigenvalue weighted by atomic mass is 16.5. The Balaban J connectivity index is 1.19. The highest BCUT2D eigenvalue weighted by Gasteiger charge is 2.50. The van der Waals surface area contributed by atoms with Crippen molar-refractivity contribution in [1.82, 2.24) is 15.6 Å². The predicted octanol–water partition coefficient (Wildman–Crippen LogP) is 2.56. The Morgan fingerprint density at radius 1 is 0.929 bits per heavy atom. The Hall–Kier alpha value is -4.94. The van der Waals surface area contributed by atoms with Crippen LogP contribution in [0, 0.1) is 17.8 Å². The molecule has 1 heterocycles. The number of rotatable bonds is 9. The zero-order valence-electron chi connectivity index (χ0n) is 23.3. The number of anilines is 1. The van der Waals surface area contributed by atoms with E-state index in [4.69, 9.17) is 14.2 Å². The molecule has 5 rings (SSSR count). The molecule has 3 N–H and O–H groups in total. The van der Waals surface area contributed by atoms with Gasteiger partial charge in [0.1, 0.15) is 0 Å². The van der Waals surface area contributed by atoms with Gasteiger partial charge in [-0.1, -0.05) is 6.42 Å². The summed E-state index contributed by atoms with van der Waals surface area (Å²) >= 11 is 0. The van der Waals surface area contributed by atoms with Crippen molar-refractivity contribution in [3.05, 3.63) is 47.5 Å². The average molecular weight is 578 g/mol. The number of carbonyl (C=O) groups is 5. The van der Waals surface area contributed by atoms with Crippen LogP contribution in [-0.2, 0) is 9.59 Å². The van der Waals surface area contributed by atoms with Gasteiger partial charge >= 0.3 is 6.03 Å². The Morgan fingerprint density at radius 3 is 2.19 bits per heavy atom. The summed E-state index contributed by atoms with van der Waals surface area (Å²) < 4.78 is 15.9. The Bertz CT molecular complexity index is 1430. The van der Waals surface area contributed by atoms with E-state index in [0.29, 0.717) is 28.9 Å². The van der Waals surface area contributed by atoms with Crippen molar-refractivity contribution < 1.29 is 38.2 Å². The summed E-state index contributed by atoms with van der Waals surface area (Å²) in [6.45, 7) is 0. The van der Waals surface area contributed by atoms with Gasteiger partial charge in [-0.15, -0.1) is 0 Å². The molecule has 6 amide bonds. The van der Waals surface area contributed by atoms with Crippen LogP contribution in [0.1, 0.15) is 46.4 Å². The van der Waals surface area contributed by atoms with Crippen LogP contribution < -0.4 is 30.3 Å². The molecule has 0 spiro atoms. The van der Waals surface area contributed by atoms with Crippen molar-refractivity contribution in [2.45, 2.75) is 31.7 Å². The van der Waals surface area contributed by atoms with Crippen molar-refractivity contribution in [2.24, 2.45) is 22.9 Å². The number of benzene rings is 2. The number of imide groups is 2. The van der Waals surface area contributed by atoms with E-state index in [9.17, 15) is 24.0 Å². The number of fused-ring (bicyclic) bond motifs is 2. The van der Waals surface area contributed by atoms with E-state index in [-0.39, 0.29) is 23.1 Å². The second-order valence-corrected chi connectivity index (χ2v) is 10.4. The van der Waals surface area contributed by atoms with Crippen LogP contribution in [-0.4, -0.2) is 68.1 Å². The van der Waals surface area contributed by atoms with E-state index >= 15 is 0 Å². The minimum Gasteiger partial charge on any atom is -0.493 e. The van der Waals surface area contributed by atoms with Crippen LogP contribution in [0.3, 0.4) is 0 Å². The first-order chi connectivity index (χ1) is 20.2. The lowest BCUT2D eigenvalue weighted by Gasteiger charge is -2.36. The molecule has 2 aromatic rings. The third-order valence-electron chi connectivity index (χ3n) is 7.99. The zero-order valence-corrected chi connectivity index (χ0v) is 23.3. The van der Waals surface area contributed by atoms with E-state index < -0.39 is 35.6 Å². The van der Waals surface area contributed by atoms with Gasteiger partial charge in [0.05, 0.1) is 21.3 Å². The van der Waals surface area contributed by atoms with Crippen molar-refractivity contribution in [3.8, 4) is 17.2 Å². The van der Waals surface area contributed by atoms with Gasteiger partial charge in [0.25, 0.3) is 11.8 Å². The molecule has 3 aliphatic rings. The first kappa shape index (κ1) is 28.6. The largest absolute Gasteiger partial charge is 0.493 e. The fourth-order valence-corrected chi connectivity index (χ4v) is 5.93. The van der Waals surface area contributed by atoms with E-state index in [1.807, 2.05) is 0 Å². The zero-order chi connectivity index (χ0) is 30.0. The van der Waals surface area contributed by atoms with E-state index in [2.05, 4.69) is 21.2 Å². The second kappa shape index (κ2) is 11.9. The highest BCUT2D eigenvalue weighted by molar-refractivity contribution is 6.23. The van der Waals surface area contributed by atoms with Gasteiger partial charge in [0, 0.05) is 29.1 Å². The van der Waals surface area contributed by atoms with Crippen molar-refractivity contribution in [2.75, 3.05) is 26.6 Å². The fourth-order valence-electron chi connectivity index (χ4n) is 5.93. The lowest BCUT2D eigenvalue weighted by Crippen LogP contribution is -2.62.